The second-order valence-corrected chi connectivity index (χ2v) is 7.44. The van der Waals surface area contributed by atoms with E-state index in [4.69, 9.17) is 0 Å². The van der Waals surface area contributed by atoms with Crippen LogP contribution in [0.5, 0.6) is 0 Å². The lowest BCUT2D eigenvalue weighted by Gasteiger charge is -2.36. The normalized spacial score (nSPS) is 18.1. The van der Waals surface area contributed by atoms with Gasteiger partial charge in [-0.2, -0.15) is 0 Å². The second-order valence-electron chi connectivity index (χ2n) is 7.44. The molecule has 0 radical (unpaired) electrons. The van der Waals surface area contributed by atoms with Crippen LogP contribution >= 0.6 is 0 Å². The molecule has 3 heterocycles. The minimum atomic E-state index is -0.322. The number of urea groups is 1. The fraction of sp³-hybridized carbons (Fsp3) is 0.450. The van der Waals surface area contributed by atoms with Crippen LogP contribution in [0.25, 0.3) is 0 Å². The lowest BCUT2D eigenvalue weighted by atomic mass is 10.3. The van der Waals surface area contributed by atoms with Gasteiger partial charge < -0.3 is 24.9 Å². The van der Waals surface area contributed by atoms with E-state index in [1.165, 1.54) is 12.1 Å². The van der Waals surface area contributed by atoms with Gasteiger partial charge in [0.1, 0.15) is 23.8 Å². The fourth-order valence-corrected chi connectivity index (χ4v) is 3.59. The number of nitrogens with one attached hydrogen (secondary N) is 1. The predicted octanol–water partition coefficient (Wildman–Crippen LogP) is 1.72. The van der Waals surface area contributed by atoms with Crippen LogP contribution in [-0.2, 0) is 0 Å². The molecule has 2 aliphatic heterocycles. The maximum atomic E-state index is 13.0. The molecule has 0 atom stereocenters. The highest BCUT2D eigenvalue weighted by Gasteiger charge is 2.23. The van der Waals surface area contributed by atoms with Crippen molar-refractivity contribution in [3.05, 3.63) is 42.5 Å². The number of halogens is 1. The Hall–Kier alpha value is -2.94. The molecule has 2 aromatic rings. The monoisotopic (exact) mass is 399 g/mol. The largest absolute Gasteiger partial charge is 0.354 e. The Labute approximate surface area is 169 Å². The first-order valence-corrected chi connectivity index (χ1v) is 9.90. The van der Waals surface area contributed by atoms with Crippen molar-refractivity contribution >= 4 is 23.4 Å². The van der Waals surface area contributed by atoms with Crippen molar-refractivity contribution in [3.63, 3.8) is 0 Å². The summed E-state index contributed by atoms with van der Waals surface area (Å²) >= 11 is 0. The minimum Gasteiger partial charge on any atom is -0.354 e. The number of carbonyl (C=O) groups excluding carboxylic acids is 1. The van der Waals surface area contributed by atoms with Crippen molar-refractivity contribution in [1.82, 2.24) is 19.8 Å². The maximum Gasteiger partial charge on any atom is 0.321 e. The fourth-order valence-electron chi connectivity index (χ4n) is 3.59. The lowest BCUT2D eigenvalue weighted by Crippen LogP contribution is -2.50. The van der Waals surface area contributed by atoms with Crippen molar-refractivity contribution in [1.29, 1.82) is 0 Å². The van der Waals surface area contributed by atoms with Gasteiger partial charge in [0.15, 0.2) is 0 Å². The number of rotatable bonds is 3. The molecular weight excluding hydrogens is 373 g/mol. The van der Waals surface area contributed by atoms with E-state index in [2.05, 4.69) is 37.0 Å². The highest BCUT2D eigenvalue weighted by molar-refractivity contribution is 5.89. The molecule has 0 aliphatic carbocycles. The van der Waals surface area contributed by atoms with Gasteiger partial charge in [-0.25, -0.2) is 19.2 Å². The molecule has 2 fully saturated rings. The average Bonchev–Trinajstić information content (AvgIpc) is 2.76. The van der Waals surface area contributed by atoms with Crippen LogP contribution in [0, 0.1) is 5.82 Å². The Balaban J connectivity index is 1.33. The molecule has 4 rings (SSSR count). The lowest BCUT2D eigenvalue weighted by molar-refractivity contribution is 0.208. The summed E-state index contributed by atoms with van der Waals surface area (Å²) in [6, 6.07) is 7.66. The Morgan fingerprint density at radius 3 is 2.03 bits per heavy atom. The van der Waals surface area contributed by atoms with Gasteiger partial charge in [0.05, 0.1) is 0 Å². The van der Waals surface area contributed by atoms with Crippen LogP contribution in [0.4, 0.5) is 26.5 Å². The minimum absolute atomic E-state index is 0.169. The highest BCUT2D eigenvalue weighted by Crippen LogP contribution is 2.20. The molecule has 0 bridgehead atoms. The molecule has 2 aliphatic rings. The summed E-state index contributed by atoms with van der Waals surface area (Å²) in [5, 5.41) is 2.81. The number of likely N-dealkylation sites (N-methyl/N-ethyl adjacent to an activating group) is 1. The molecule has 0 unspecified atom stereocenters. The first kappa shape index (κ1) is 19.4. The zero-order chi connectivity index (χ0) is 20.2. The molecule has 9 heteroatoms. The van der Waals surface area contributed by atoms with Crippen molar-refractivity contribution in [2.75, 3.05) is 74.5 Å². The summed E-state index contributed by atoms with van der Waals surface area (Å²) < 4.78 is 13.0. The molecule has 2 saturated heterocycles. The third-order valence-corrected chi connectivity index (χ3v) is 5.45. The summed E-state index contributed by atoms with van der Waals surface area (Å²) in [5.74, 6) is 1.53. The quantitative estimate of drug-likeness (QED) is 0.848. The topological polar surface area (TPSA) is 67.8 Å². The predicted molar refractivity (Wildman–Crippen MR) is 111 cm³/mol. The van der Waals surface area contributed by atoms with Crippen molar-refractivity contribution in [2.45, 2.75) is 0 Å². The van der Waals surface area contributed by atoms with Gasteiger partial charge in [-0.1, -0.05) is 0 Å². The van der Waals surface area contributed by atoms with Gasteiger partial charge in [0, 0.05) is 64.1 Å². The molecule has 1 N–H and O–H groups in total. The second kappa shape index (κ2) is 8.60. The average molecular weight is 399 g/mol. The van der Waals surface area contributed by atoms with Gasteiger partial charge in [-0.05, 0) is 31.3 Å². The number of nitrogens with zero attached hydrogens (tertiary/aromatic N) is 6. The molecule has 29 heavy (non-hydrogen) atoms. The number of amides is 2. The molecule has 1 aromatic heterocycles. The van der Waals surface area contributed by atoms with Crippen LogP contribution in [0.1, 0.15) is 0 Å². The number of aromatic nitrogens is 2. The van der Waals surface area contributed by atoms with E-state index in [-0.39, 0.29) is 11.8 Å². The molecule has 1 aromatic carbocycles. The number of hydrogen-bond donors (Lipinski definition) is 1. The number of carbonyl (C=O) groups is 1. The zero-order valence-electron chi connectivity index (χ0n) is 16.6. The van der Waals surface area contributed by atoms with E-state index in [1.54, 1.807) is 23.4 Å². The van der Waals surface area contributed by atoms with Crippen molar-refractivity contribution in [2.24, 2.45) is 0 Å². The van der Waals surface area contributed by atoms with Gasteiger partial charge in [-0.15, -0.1) is 0 Å². The molecule has 154 valence electrons. The third-order valence-electron chi connectivity index (χ3n) is 5.45. The van der Waals surface area contributed by atoms with Gasteiger partial charge >= 0.3 is 6.03 Å². The number of hydrogen-bond acceptors (Lipinski definition) is 6. The SMILES string of the molecule is CN1CCN(c2cc(N3CCN(C(=O)Nc4ccc(F)cc4)CC3)ncn2)CC1. The smallest absolute Gasteiger partial charge is 0.321 e. The van der Waals surface area contributed by atoms with E-state index < -0.39 is 0 Å². The van der Waals surface area contributed by atoms with E-state index in [0.29, 0.717) is 31.9 Å². The summed E-state index contributed by atoms with van der Waals surface area (Å²) in [6.07, 6.45) is 1.62. The molecule has 8 nitrogen and oxygen atoms in total. The summed E-state index contributed by atoms with van der Waals surface area (Å²) in [5.41, 5.74) is 0.589. The van der Waals surface area contributed by atoms with E-state index in [9.17, 15) is 9.18 Å². The molecule has 0 spiro atoms. The summed E-state index contributed by atoms with van der Waals surface area (Å²) in [7, 11) is 2.13. The van der Waals surface area contributed by atoms with Gasteiger partial charge in [0.25, 0.3) is 0 Å². The van der Waals surface area contributed by atoms with E-state index in [0.717, 1.165) is 37.8 Å². The van der Waals surface area contributed by atoms with Gasteiger partial charge in [0.2, 0.25) is 0 Å². The third kappa shape index (κ3) is 4.73. The number of piperazine rings is 2. The zero-order valence-corrected chi connectivity index (χ0v) is 16.6. The Morgan fingerprint density at radius 2 is 1.45 bits per heavy atom. The van der Waals surface area contributed by atoms with Crippen molar-refractivity contribution < 1.29 is 9.18 Å². The first-order chi connectivity index (χ1) is 14.1. The Kier molecular flexibility index (Phi) is 5.75. The van der Waals surface area contributed by atoms with Crippen LogP contribution in [-0.4, -0.2) is 85.2 Å². The summed E-state index contributed by atoms with van der Waals surface area (Å²) in [4.78, 5) is 29.9. The summed E-state index contributed by atoms with van der Waals surface area (Å²) in [6.45, 7) is 6.59. The Bertz CT molecular complexity index is 831. The first-order valence-electron chi connectivity index (χ1n) is 9.90. The Morgan fingerprint density at radius 1 is 0.897 bits per heavy atom. The number of anilines is 3. The highest BCUT2D eigenvalue weighted by atomic mass is 19.1. The van der Waals surface area contributed by atoms with Crippen LogP contribution < -0.4 is 15.1 Å². The van der Waals surface area contributed by atoms with Crippen LogP contribution in [0.15, 0.2) is 36.7 Å². The van der Waals surface area contributed by atoms with Crippen LogP contribution in [0.3, 0.4) is 0 Å². The van der Waals surface area contributed by atoms with Gasteiger partial charge in [-0.3, -0.25) is 0 Å². The maximum absolute atomic E-state index is 13.0. The molecule has 2 amide bonds. The molecular formula is C20H26FN7O. The van der Waals surface area contributed by atoms with E-state index >= 15 is 0 Å². The van der Waals surface area contributed by atoms with E-state index in [1.807, 2.05) is 6.07 Å². The number of benzene rings is 1. The molecule has 0 saturated carbocycles. The van der Waals surface area contributed by atoms with Crippen molar-refractivity contribution in [3.8, 4) is 0 Å². The standard InChI is InChI=1S/C20H26FN7O/c1-25-6-8-26(9-7-25)18-14-19(23-15-22-18)27-10-12-28(13-11-27)20(29)24-17-4-2-16(21)3-5-17/h2-5,14-15H,6-13H2,1H3,(H,24,29). The van der Waals surface area contributed by atoms with Crippen LogP contribution in [0.2, 0.25) is 0 Å².